The number of ether oxygens (including phenoxy) is 1. The van der Waals surface area contributed by atoms with E-state index in [1.807, 2.05) is 24.3 Å². The first-order valence-electron chi connectivity index (χ1n) is 12.4. The van der Waals surface area contributed by atoms with Crippen molar-refractivity contribution in [2.45, 2.75) is 25.0 Å². The molecule has 4 aromatic rings. The van der Waals surface area contributed by atoms with Crippen molar-refractivity contribution in [3.63, 3.8) is 0 Å². The number of terminal acetylenes is 1. The van der Waals surface area contributed by atoms with Crippen LogP contribution in [-0.2, 0) is 27.9 Å². The molecule has 9 nitrogen and oxygen atoms in total. The number of aliphatic carboxylic acids is 1. The molecule has 0 radical (unpaired) electrons. The molecule has 0 aliphatic rings. The van der Waals surface area contributed by atoms with E-state index in [-0.39, 0.29) is 18.1 Å². The molecule has 0 aliphatic carbocycles. The Hall–Kier alpha value is -5.47. The molecule has 0 atom stereocenters. The molecule has 4 rings (SSSR count). The van der Waals surface area contributed by atoms with Gasteiger partial charge in [0.25, 0.3) is 10.0 Å². The van der Waals surface area contributed by atoms with Crippen molar-refractivity contribution in [1.82, 2.24) is 19.3 Å². The molecule has 2 aromatic carbocycles. The molecular formula is C32H26N4O5S. The Morgan fingerprint density at radius 2 is 1.67 bits per heavy atom. The second-order valence-corrected chi connectivity index (χ2v) is 10.2. The van der Waals surface area contributed by atoms with Crippen LogP contribution < -0.4 is 4.74 Å². The molecule has 10 heteroatoms. The normalized spacial score (nSPS) is 10.0. The fourth-order valence-corrected chi connectivity index (χ4v) is 4.87. The van der Waals surface area contributed by atoms with Crippen LogP contribution in [0, 0.1) is 36.0 Å². The van der Waals surface area contributed by atoms with Gasteiger partial charge in [-0.05, 0) is 71.6 Å². The Bertz CT molecular complexity index is 1750. The fraction of sp³-hybridized carbons (Fsp3) is 0.125. The Morgan fingerprint density at radius 3 is 2.31 bits per heavy atom. The summed E-state index contributed by atoms with van der Waals surface area (Å²) in [6.45, 7) is 1.37. The van der Waals surface area contributed by atoms with Crippen LogP contribution in [0.4, 0.5) is 0 Å². The van der Waals surface area contributed by atoms with Crippen LogP contribution in [0.1, 0.15) is 18.1 Å². The zero-order valence-corrected chi connectivity index (χ0v) is 23.5. The van der Waals surface area contributed by atoms with Crippen LogP contribution >= 0.6 is 0 Å². The third kappa shape index (κ3) is 9.62. The van der Waals surface area contributed by atoms with Gasteiger partial charge in [-0.2, -0.15) is 4.31 Å². The van der Waals surface area contributed by atoms with E-state index in [2.05, 4.69) is 44.6 Å². The SMILES string of the molecule is C#CC#CC#CC.O=C(O)COc1cccc(CN(Cc2ccc(-c3cncnc3)cc2)S(=O)(=O)c2ccccn2)c1. The lowest BCUT2D eigenvalue weighted by molar-refractivity contribution is -0.139. The molecule has 2 heterocycles. The molecule has 0 aliphatic heterocycles. The van der Waals surface area contributed by atoms with Gasteiger partial charge in [-0.3, -0.25) is 0 Å². The maximum absolute atomic E-state index is 13.5. The third-order valence-electron chi connectivity index (χ3n) is 5.39. The Labute approximate surface area is 245 Å². The second-order valence-electron chi connectivity index (χ2n) is 8.36. The largest absolute Gasteiger partial charge is 0.482 e. The van der Waals surface area contributed by atoms with Gasteiger partial charge in [0.05, 0.1) is 0 Å². The van der Waals surface area contributed by atoms with Crippen LogP contribution in [0.2, 0.25) is 0 Å². The number of pyridine rings is 1. The molecule has 0 saturated carbocycles. The molecule has 0 bridgehead atoms. The number of hydrogen-bond acceptors (Lipinski definition) is 7. The van der Waals surface area contributed by atoms with Gasteiger partial charge in [0.15, 0.2) is 11.6 Å². The van der Waals surface area contributed by atoms with Crippen molar-refractivity contribution in [1.29, 1.82) is 0 Å². The predicted octanol–water partition coefficient (Wildman–Crippen LogP) is 4.04. The van der Waals surface area contributed by atoms with E-state index in [1.54, 1.807) is 55.7 Å². The summed E-state index contributed by atoms with van der Waals surface area (Å²) in [5.74, 6) is 11.3. The molecule has 0 spiro atoms. The number of sulfonamides is 1. The summed E-state index contributed by atoms with van der Waals surface area (Å²) in [7, 11) is -3.93. The van der Waals surface area contributed by atoms with Gasteiger partial charge in [0, 0.05) is 37.2 Å². The minimum absolute atomic E-state index is 0.0391. The van der Waals surface area contributed by atoms with Gasteiger partial charge in [-0.25, -0.2) is 28.2 Å². The van der Waals surface area contributed by atoms with E-state index in [0.29, 0.717) is 11.3 Å². The lowest BCUT2D eigenvalue weighted by Gasteiger charge is -2.22. The lowest BCUT2D eigenvalue weighted by atomic mass is 10.1. The minimum Gasteiger partial charge on any atom is -0.482 e. The molecule has 0 saturated heterocycles. The number of carboxylic acids is 1. The average Bonchev–Trinajstić information content (AvgIpc) is 3.02. The number of nitrogens with zero attached hydrogens (tertiary/aromatic N) is 4. The molecule has 210 valence electrons. The highest BCUT2D eigenvalue weighted by Crippen LogP contribution is 2.24. The van der Waals surface area contributed by atoms with Crippen LogP contribution in [0.3, 0.4) is 0 Å². The zero-order chi connectivity index (χ0) is 30.2. The van der Waals surface area contributed by atoms with Crippen LogP contribution in [0.5, 0.6) is 5.75 Å². The Kier molecular flexibility index (Phi) is 11.8. The number of carboxylic acid groups (broad SMARTS) is 1. The summed E-state index contributed by atoms with van der Waals surface area (Å²) >= 11 is 0. The summed E-state index contributed by atoms with van der Waals surface area (Å²) in [6.07, 6.45) is 11.1. The van der Waals surface area contributed by atoms with Crippen LogP contribution in [0.15, 0.2) is 96.7 Å². The van der Waals surface area contributed by atoms with Crippen LogP contribution in [-0.4, -0.2) is 45.4 Å². The average molecular weight is 579 g/mol. The third-order valence-corrected chi connectivity index (χ3v) is 7.10. The summed E-state index contributed by atoms with van der Waals surface area (Å²) in [5, 5.41) is 8.79. The highest BCUT2D eigenvalue weighted by atomic mass is 32.2. The number of hydrogen-bond donors (Lipinski definition) is 1. The summed E-state index contributed by atoms with van der Waals surface area (Å²) < 4.78 is 33.5. The van der Waals surface area contributed by atoms with Crippen LogP contribution in [0.25, 0.3) is 11.1 Å². The summed E-state index contributed by atoms with van der Waals surface area (Å²) in [5.41, 5.74) is 3.20. The standard InChI is InChI=1S/C25H22N4O5S.C7H4/c30-25(31)17-34-23-5-3-4-20(12-23)16-29(35(32,33)24-6-1-2-11-28-24)15-19-7-9-21(10-8-19)22-13-26-18-27-14-22;1-3-5-7-6-4-2/h1-14,18H,15-17H2,(H,30,31);1H,2H3. The van der Waals surface area contributed by atoms with E-state index in [9.17, 15) is 13.2 Å². The quantitative estimate of drug-likeness (QED) is 0.280. The second kappa shape index (κ2) is 16.0. The van der Waals surface area contributed by atoms with E-state index in [4.69, 9.17) is 16.3 Å². The first-order valence-corrected chi connectivity index (χ1v) is 13.8. The number of carbonyl (C=O) groups is 1. The van der Waals surface area contributed by atoms with Crippen molar-refractivity contribution in [3.8, 4) is 52.9 Å². The zero-order valence-electron chi connectivity index (χ0n) is 22.6. The van der Waals surface area contributed by atoms with E-state index >= 15 is 0 Å². The first kappa shape index (κ1) is 31.1. The van der Waals surface area contributed by atoms with Crippen molar-refractivity contribution in [3.05, 3.63) is 103 Å². The van der Waals surface area contributed by atoms with Gasteiger partial charge in [0.2, 0.25) is 0 Å². The van der Waals surface area contributed by atoms with Gasteiger partial charge in [-0.15, -0.1) is 6.42 Å². The first-order chi connectivity index (χ1) is 20.3. The molecule has 2 aromatic heterocycles. The molecule has 0 fully saturated rings. The highest BCUT2D eigenvalue weighted by Gasteiger charge is 2.26. The number of aromatic nitrogens is 3. The monoisotopic (exact) mass is 578 g/mol. The van der Waals surface area contributed by atoms with Gasteiger partial charge in [-0.1, -0.05) is 48.4 Å². The fourth-order valence-electron chi connectivity index (χ4n) is 3.52. The molecule has 0 amide bonds. The molecule has 42 heavy (non-hydrogen) atoms. The Morgan fingerprint density at radius 1 is 0.929 bits per heavy atom. The van der Waals surface area contributed by atoms with Crippen molar-refractivity contribution >= 4 is 16.0 Å². The molecule has 1 N–H and O–H groups in total. The van der Waals surface area contributed by atoms with E-state index < -0.39 is 22.6 Å². The van der Waals surface area contributed by atoms with Gasteiger partial charge < -0.3 is 9.84 Å². The van der Waals surface area contributed by atoms with Gasteiger partial charge in [0.1, 0.15) is 12.1 Å². The molecule has 0 unspecified atom stereocenters. The predicted molar refractivity (Wildman–Crippen MR) is 158 cm³/mol. The number of rotatable bonds is 10. The Balaban J connectivity index is 0.000000616. The smallest absolute Gasteiger partial charge is 0.341 e. The number of benzene rings is 2. The van der Waals surface area contributed by atoms with E-state index in [1.165, 1.54) is 22.9 Å². The van der Waals surface area contributed by atoms with Crippen molar-refractivity contribution < 1.29 is 23.1 Å². The summed E-state index contributed by atoms with van der Waals surface area (Å²) in [4.78, 5) is 22.9. The van der Waals surface area contributed by atoms with Crippen molar-refractivity contribution in [2.24, 2.45) is 0 Å². The lowest BCUT2D eigenvalue weighted by Crippen LogP contribution is -2.31. The summed E-state index contributed by atoms with van der Waals surface area (Å²) in [6, 6.07) is 18.9. The van der Waals surface area contributed by atoms with E-state index in [0.717, 1.165) is 16.7 Å². The minimum atomic E-state index is -3.93. The maximum atomic E-state index is 13.5. The maximum Gasteiger partial charge on any atom is 0.341 e. The highest BCUT2D eigenvalue weighted by molar-refractivity contribution is 7.89. The topological polar surface area (TPSA) is 123 Å². The van der Waals surface area contributed by atoms with Crippen molar-refractivity contribution in [2.75, 3.05) is 6.61 Å². The molecular weight excluding hydrogens is 552 g/mol. The van der Waals surface area contributed by atoms with Gasteiger partial charge >= 0.3 is 5.97 Å².